The van der Waals surface area contributed by atoms with Crippen molar-refractivity contribution >= 4 is 11.7 Å². The van der Waals surface area contributed by atoms with Gasteiger partial charge < -0.3 is 10.4 Å². The van der Waals surface area contributed by atoms with Crippen LogP contribution in [0.2, 0.25) is 0 Å². The number of nitrogens with one attached hydrogen (secondary N) is 1. The summed E-state index contributed by atoms with van der Waals surface area (Å²) in [5.74, 6) is -1.94. The Bertz CT molecular complexity index is 366. The van der Waals surface area contributed by atoms with Crippen LogP contribution in [0.5, 0.6) is 0 Å². The number of anilines is 1. The van der Waals surface area contributed by atoms with Crippen LogP contribution in [0, 0.1) is 5.82 Å². The van der Waals surface area contributed by atoms with E-state index in [-0.39, 0.29) is 5.56 Å². The van der Waals surface area contributed by atoms with Gasteiger partial charge in [0, 0.05) is 12.2 Å². The van der Waals surface area contributed by atoms with Crippen LogP contribution in [0.4, 0.5) is 10.1 Å². The van der Waals surface area contributed by atoms with Crippen LogP contribution in [-0.4, -0.2) is 17.6 Å². The standard InChI is InChI=1S/C12H16FNO2/c1-2-3-4-7-14-9-5-6-11(13)10(8-9)12(15)16/h5-6,8,14H,2-4,7H2,1H3,(H,15,16). The number of benzene rings is 1. The first-order valence-corrected chi connectivity index (χ1v) is 5.42. The maximum Gasteiger partial charge on any atom is 0.338 e. The first-order valence-electron chi connectivity index (χ1n) is 5.42. The van der Waals surface area contributed by atoms with Crippen molar-refractivity contribution in [2.75, 3.05) is 11.9 Å². The number of carbonyl (C=O) groups is 1. The minimum Gasteiger partial charge on any atom is -0.478 e. The lowest BCUT2D eigenvalue weighted by Gasteiger charge is -2.07. The molecule has 88 valence electrons. The molecule has 1 rings (SSSR count). The fourth-order valence-electron chi connectivity index (χ4n) is 1.41. The van der Waals surface area contributed by atoms with Crippen molar-refractivity contribution in [3.63, 3.8) is 0 Å². The van der Waals surface area contributed by atoms with E-state index in [0.717, 1.165) is 25.8 Å². The molecule has 0 amide bonds. The second-order valence-corrected chi connectivity index (χ2v) is 3.63. The van der Waals surface area contributed by atoms with Gasteiger partial charge in [-0.15, -0.1) is 0 Å². The van der Waals surface area contributed by atoms with Crippen molar-refractivity contribution < 1.29 is 14.3 Å². The SMILES string of the molecule is CCCCCNc1ccc(F)c(C(=O)O)c1. The summed E-state index contributed by atoms with van der Waals surface area (Å²) in [6, 6.07) is 4.04. The molecule has 0 aliphatic rings. The molecule has 16 heavy (non-hydrogen) atoms. The van der Waals surface area contributed by atoms with E-state index >= 15 is 0 Å². The van der Waals surface area contributed by atoms with Crippen LogP contribution in [0.3, 0.4) is 0 Å². The average Bonchev–Trinajstić information content (AvgIpc) is 2.26. The molecule has 0 bridgehead atoms. The number of hydrogen-bond acceptors (Lipinski definition) is 2. The Morgan fingerprint density at radius 3 is 2.81 bits per heavy atom. The van der Waals surface area contributed by atoms with Crippen LogP contribution in [0.25, 0.3) is 0 Å². The van der Waals surface area contributed by atoms with E-state index in [9.17, 15) is 9.18 Å². The molecule has 1 aromatic rings. The summed E-state index contributed by atoms with van der Waals surface area (Å²) in [5.41, 5.74) is 0.357. The maximum absolute atomic E-state index is 13.1. The van der Waals surface area contributed by atoms with Crippen molar-refractivity contribution in [1.82, 2.24) is 0 Å². The lowest BCUT2D eigenvalue weighted by atomic mass is 10.2. The van der Waals surface area contributed by atoms with Crippen LogP contribution < -0.4 is 5.32 Å². The number of carboxylic acids is 1. The molecule has 0 fully saturated rings. The zero-order valence-electron chi connectivity index (χ0n) is 9.29. The zero-order chi connectivity index (χ0) is 12.0. The molecule has 3 nitrogen and oxygen atoms in total. The van der Waals surface area contributed by atoms with Crippen LogP contribution in [-0.2, 0) is 0 Å². The summed E-state index contributed by atoms with van der Waals surface area (Å²) in [6.07, 6.45) is 3.28. The summed E-state index contributed by atoms with van der Waals surface area (Å²) >= 11 is 0. The molecular formula is C12H16FNO2. The highest BCUT2D eigenvalue weighted by molar-refractivity contribution is 5.89. The van der Waals surface area contributed by atoms with Gasteiger partial charge in [0.15, 0.2) is 0 Å². The Labute approximate surface area is 94.3 Å². The van der Waals surface area contributed by atoms with Gasteiger partial charge in [-0.25, -0.2) is 9.18 Å². The van der Waals surface area contributed by atoms with E-state index in [4.69, 9.17) is 5.11 Å². The summed E-state index contributed by atoms with van der Waals surface area (Å²) in [7, 11) is 0. The summed E-state index contributed by atoms with van der Waals surface area (Å²) < 4.78 is 13.1. The number of carboxylic acid groups (broad SMARTS) is 1. The summed E-state index contributed by atoms with van der Waals surface area (Å²) in [4.78, 5) is 10.7. The highest BCUT2D eigenvalue weighted by atomic mass is 19.1. The zero-order valence-corrected chi connectivity index (χ0v) is 9.29. The molecule has 2 N–H and O–H groups in total. The Balaban J connectivity index is 2.61. The van der Waals surface area contributed by atoms with Gasteiger partial charge >= 0.3 is 5.97 Å². The van der Waals surface area contributed by atoms with Gasteiger partial charge in [0.05, 0.1) is 5.56 Å². The smallest absolute Gasteiger partial charge is 0.338 e. The van der Waals surface area contributed by atoms with Crippen molar-refractivity contribution in [3.8, 4) is 0 Å². The summed E-state index contributed by atoms with van der Waals surface area (Å²) in [5, 5.41) is 11.8. The highest BCUT2D eigenvalue weighted by Crippen LogP contribution is 2.14. The third-order valence-corrected chi connectivity index (χ3v) is 2.31. The Morgan fingerprint density at radius 2 is 2.19 bits per heavy atom. The quantitative estimate of drug-likeness (QED) is 0.731. The van der Waals surface area contributed by atoms with Gasteiger partial charge in [-0.1, -0.05) is 19.8 Å². The van der Waals surface area contributed by atoms with Gasteiger partial charge in [-0.05, 0) is 24.6 Å². The van der Waals surface area contributed by atoms with Crippen molar-refractivity contribution in [2.24, 2.45) is 0 Å². The Morgan fingerprint density at radius 1 is 1.44 bits per heavy atom. The number of aromatic carboxylic acids is 1. The predicted molar refractivity (Wildman–Crippen MR) is 61.4 cm³/mol. The molecule has 0 aliphatic carbocycles. The van der Waals surface area contributed by atoms with E-state index in [2.05, 4.69) is 12.2 Å². The van der Waals surface area contributed by atoms with Gasteiger partial charge in [0.1, 0.15) is 5.82 Å². The molecule has 0 heterocycles. The third-order valence-electron chi connectivity index (χ3n) is 2.31. The van der Waals surface area contributed by atoms with Gasteiger partial charge in [0.2, 0.25) is 0 Å². The molecule has 0 aromatic heterocycles. The van der Waals surface area contributed by atoms with Crippen LogP contribution in [0.1, 0.15) is 36.5 Å². The largest absolute Gasteiger partial charge is 0.478 e. The fourth-order valence-corrected chi connectivity index (χ4v) is 1.41. The predicted octanol–water partition coefficient (Wildman–Crippen LogP) is 3.13. The molecule has 0 spiro atoms. The molecule has 0 radical (unpaired) electrons. The monoisotopic (exact) mass is 225 g/mol. The van der Waals surface area contributed by atoms with Gasteiger partial charge in [-0.2, -0.15) is 0 Å². The molecule has 1 aromatic carbocycles. The molecule has 0 saturated heterocycles. The molecule has 0 atom stereocenters. The topological polar surface area (TPSA) is 49.3 Å². The molecule has 0 aliphatic heterocycles. The minimum atomic E-state index is -1.24. The average molecular weight is 225 g/mol. The van der Waals surface area contributed by atoms with E-state index in [0.29, 0.717) is 5.69 Å². The molecule has 4 heteroatoms. The first-order chi connectivity index (χ1) is 7.65. The molecule has 0 unspecified atom stereocenters. The Kier molecular flexibility index (Phi) is 4.76. The lowest BCUT2D eigenvalue weighted by Crippen LogP contribution is -2.05. The van der Waals surface area contributed by atoms with Crippen LogP contribution in [0.15, 0.2) is 18.2 Å². The van der Waals surface area contributed by atoms with E-state index in [1.165, 1.54) is 12.1 Å². The number of halogens is 1. The minimum absolute atomic E-state index is 0.291. The second-order valence-electron chi connectivity index (χ2n) is 3.63. The van der Waals surface area contributed by atoms with E-state index in [1.807, 2.05) is 0 Å². The lowest BCUT2D eigenvalue weighted by molar-refractivity contribution is 0.0692. The second kappa shape index (κ2) is 6.10. The van der Waals surface area contributed by atoms with Crippen molar-refractivity contribution in [3.05, 3.63) is 29.6 Å². The Hall–Kier alpha value is -1.58. The fraction of sp³-hybridized carbons (Fsp3) is 0.417. The maximum atomic E-state index is 13.1. The third kappa shape index (κ3) is 3.53. The molecule has 0 saturated carbocycles. The highest BCUT2D eigenvalue weighted by Gasteiger charge is 2.10. The number of rotatable bonds is 6. The summed E-state index contributed by atoms with van der Waals surface area (Å²) in [6.45, 7) is 2.89. The van der Waals surface area contributed by atoms with Crippen molar-refractivity contribution in [1.29, 1.82) is 0 Å². The number of hydrogen-bond donors (Lipinski definition) is 2. The van der Waals surface area contributed by atoms with Gasteiger partial charge in [-0.3, -0.25) is 0 Å². The van der Waals surface area contributed by atoms with E-state index in [1.54, 1.807) is 6.07 Å². The molecular weight excluding hydrogens is 209 g/mol. The number of unbranched alkanes of at least 4 members (excludes halogenated alkanes) is 2. The normalized spacial score (nSPS) is 10.1. The van der Waals surface area contributed by atoms with Gasteiger partial charge in [0.25, 0.3) is 0 Å². The van der Waals surface area contributed by atoms with E-state index < -0.39 is 11.8 Å². The van der Waals surface area contributed by atoms with Crippen LogP contribution >= 0.6 is 0 Å². The first kappa shape index (κ1) is 12.5. The van der Waals surface area contributed by atoms with Crippen molar-refractivity contribution in [2.45, 2.75) is 26.2 Å².